The molecule has 0 atom stereocenters. The Morgan fingerprint density at radius 2 is 1.77 bits per heavy atom. The molecule has 0 saturated carbocycles. The minimum Gasteiger partial charge on any atom is -0.460 e. The zero-order chi connectivity index (χ0) is 18.7. The number of nitriles is 1. The number of nitrogens with one attached hydrogen (secondary N) is 1. The third kappa shape index (κ3) is 3.98. The standard InChI is InChI=1S/C21H19N3O2/c1-13-8-14(2)21(15(3)9-13)26-18-10-19(24-20(25)11-18)23-17-6-4-16(12-22)5-7-17/h4-10H,11H2,1-3H3,(H,23,24,25). The number of carbonyl (C=O) groups excluding carboxylic acids is 1. The molecular weight excluding hydrogens is 326 g/mol. The molecule has 0 spiro atoms. The molecule has 0 saturated heterocycles. The summed E-state index contributed by atoms with van der Waals surface area (Å²) in [6.45, 7) is 6.02. The number of aliphatic imine (C=N–C) groups is 1. The molecule has 0 unspecified atom stereocenters. The maximum Gasteiger partial charge on any atom is 0.233 e. The number of hydrogen-bond donors (Lipinski definition) is 1. The molecule has 3 rings (SSSR count). The first-order chi connectivity index (χ1) is 12.4. The van der Waals surface area contributed by atoms with Gasteiger partial charge in [-0.1, -0.05) is 17.7 Å². The third-order valence-electron chi connectivity index (χ3n) is 3.98. The summed E-state index contributed by atoms with van der Waals surface area (Å²) in [4.78, 5) is 16.4. The highest BCUT2D eigenvalue weighted by molar-refractivity contribution is 6.08. The maximum absolute atomic E-state index is 12.0. The van der Waals surface area contributed by atoms with Crippen molar-refractivity contribution in [2.75, 3.05) is 0 Å². The van der Waals surface area contributed by atoms with Gasteiger partial charge in [-0.25, -0.2) is 4.99 Å². The van der Waals surface area contributed by atoms with Crippen LogP contribution in [0, 0.1) is 32.1 Å². The molecule has 0 fully saturated rings. The number of hydrogen-bond acceptors (Lipinski definition) is 4. The summed E-state index contributed by atoms with van der Waals surface area (Å²) < 4.78 is 6.02. The summed E-state index contributed by atoms with van der Waals surface area (Å²) in [6.07, 6.45) is 1.90. The Labute approximate surface area is 152 Å². The van der Waals surface area contributed by atoms with Gasteiger partial charge in [-0.2, -0.15) is 5.26 Å². The Balaban J connectivity index is 1.89. The molecule has 0 aromatic heterocycles. The Hall–Kier alpha value is -3.39. The lowest BCUT2D eigenvalue weighted by atomic mass is 10.1. The SMILES string of the molecule is Cc1cc(C)c(OC2=CC(=Nc3ccc(C#N)cc3)NC(=O)C2)c(C)c1. The van der Waals surface area contributed by atoms with Crippen LogP contribution in [0.25, 0.3) is 0 Å². The summed E-state index contributed by atoms with van der Waals surface area (Å²) >= 11 is 0. The van der Waals surface area contributed by atoms with E-state index in [1.54, 1.807) is 30.3 Å². The lowest BCUT2D eigenvalue weighted by Crippen LogP contribution is -2.34. The molecule has 130 valence electrons. The maximum atomic E-state index is 12.0. The van der Waals surface area contributed by atoms with Gasteiger partial charge >= 0.3 is 0 Å². The predicted octanol–water partition coefficient (Wildman–Crippen LogP) is 4.00. The minimum atomic E-state index is -0.169. The topological polar surface area (TPSA) is 74.5 Å². The highest BCUT2D eigenvalue weighted by Gasteiger charge is 2.18. The highest BCUT2D eigenvalue weighted by atomic mass is 16.5. The Kier molecular flexibility index (Phi) is 4.85. The highest BCUT2D eigenvalue weighted by Crippen LogP contribution is 2.27. The van der Waals surface area contributed by atoms with Crippen LogP contribution in [-0.2, 0) is 4.79 Å². The second kappa shape index (κ2) is 7.24. The Morgan fingerprint density at radius 1 is 1.12 bits per heavy atom. The fourth-order valence-corrected chi connectivity index (χ4v) is 2.92. The molecule has 0 bridgehead atoms. The van der Waals surface area contributed by atoms with Crippen molar-refractivity contribution < 1.29 is 9.53 Å². The van der Waals surface area contributed by atoms with Crippen molar-refractivity contribution in [1.29, 1.82) is 5.26 Å². The molecule has 0 aliphatic carbocycles. The number of amidine groups is 1. The van der Waals surface area contributed by atoms with Crippen LogP contribution in [0.15, 0.2) is 53.2 Å². The van der Waals surface area contributed by atoms with E-state index in [1.807, 2.05) is 20.8 Å². The molecular formula is C21H19N3O2. The van der Waals surface area contributed by atoms with E-state index in [2.05, 4.69) is 28.5 Å². The lowest BCUT2D eigenvalue weighted by molar-refractivity contribution is -0.119. The summed E-state index contributed by atoms with van der Waals surface area (Å²) in [7, 11) is 0. The van der Waals surface area contributed by atoms with Gasteiger partial charge in [0, 0.05) is 6.08 Å². The van der Waals surface area contributed by atoms with Crippen LogP contribution in [0.3, 0.4) is 0 Å². The van der Waals surface area contributed by atoms with Crippen LogP contribution in [-0.4, -0.2) is 11.7 Å². The number of amides is 1. The van der Waals surface area contributed by atoms with Crippen molar-refractivity contribution in [2.24, 2.45) is 4.99 Å². The predicted molar refractivity (Wildman–Crippen MR) is 100 cm³/mol. The molecule has 1 N–H and O–H groups in total. The third-order valence-corrected chi connectivity index (χ3v) is 3.98. The Bertz CT molecular complexity index is 941. The van der Waals surface area contributed by atoms with Crippen LogP contribution in [0.2, 0.25) is 0 Å². The van der Waals surface area contributed by atoms with Crippen LogP contribution < -0.4 is 10.1 Å². The summed E-state index contributed by atoms with van der Waals surface area (Å²) in [5.41, 5.74) is 4.44. The number of rotatable bonds is 3. The van der Waals surface area contributed by atoms with Gasteiger partial charge in [0.1, 0.15) is 17.3 Å². The van der Waals surface area contributed by atoms with E-state index < -0.39 is 0 Å². The average molecular weight is 345 g/mol. The van der Waals surface area contributed by atoms with Crippen molar-refractivity contribution in [3.8, 4) is 11.8 Å². The fraction of sp³-hybridized carbons (Fsp3) is 0.190. The first-order valence-corrected chi connectivity index (χ1v) is 8.29. The summed E-state index contributed by atoms with van der Waals surface area (Å²) in [6, 6.07) is 13.0. The molecule has 1 aliphatic rings. The molecule has 26 heavy (non-hydrogen) atoms. The fourth-order valence-electron chi connectivity index (χ4n) is 2.92. The van der Waals surface area contributed by atoms with E-state index >= 15 is 0 Å². The van der Waals surface area contributed by atoms with E-state index in [9.17, 15) is 4.79 Å². The normalized spacial score (nSPS) is 15.2. The van der Waals surface area contributed by atoms with Gasteiger partial charge in [-0.15, -0.1) is 0 Å². The van der Waals surface area contributed by atoms with Crippen LogP contribution >= 0.6 is 0 Å². The van der Waals surface area contributed by atoms with Gasteiger partial charge in [-0.3, -0.25) is 4.79 Å². The van der Waals surface area contributed by atoms with Crippen molar-refractivity contribution in [1.82, 2.24) is 5.32 Å². The molecule has 5 nitrogen and oxygen atoms in total. The van der Waals surface area contributed by atoms with Crippen LogP contribution in [0.1, 0.15) is 28.7 Å². The van der Waals surface area contributed by atoms with Crippen molar-refractivity contribution in [2.45, 2.75) is 27.2 Å². The number of nitrogens with zero attached hydrogens (tertiary/aromatic N) is 2. The van der Waals surface area contributed by atoms with Gasteiger partial charge in [0.05, 0.1) is 23.7 Å². The van der Waals surface area contributed by atoms with E-state index in [4.69, 9.17) is 10.00 Å². The molecule has 2 aromatic carbocycles. The number of ether oxygens (including phenoxy) is 1. The van der Waals surface area contributed by atoms with Gasteiger partial charge in [-0.05, 0) is 56.2 Å². The molecule has 1 heterocycles. The van der Waals surface area contributed by atoms with E-state index in [0.717, 1.165) is 16.9 Å². The summed E-state index contributed by atoms with van der Waals surface area (Å²) in [5.74, 6) is 1.58. The second-order valence-electron chi connectivity index (χ2n) is 6.32. The molecule has 2 aromatic rings. The number of carbonyl (C=O) groups is 1. The van der Waals surface area contributed by atoms with E-state index in [0.29, 0.717) is 22.8 Å². The van der Waals surface area contributed by atoms with Gasteiger partial charge in [0.2, 0.25) is 5.91 Å². The monoisotopic (exact) mass is 345 g/mol. The van der Waals surface area contributed by atoms with Gasteiger partial charge in [0.25, 0.3) is 0 Å². The zero-order valence-electron chi connectivity index (χ0n) is 15.0. The quantitative estimate of drug-likeness (QED) is 0.914. The van der Waals surface area contributed by atoms with Crippen molar-refractivity contribution >= 4 is 17.4 Å². The van der Waals surface area contributed by atoms with Gasteiger partial charge < -0.3 is 10.1 Å². The van der Waals surface area contributed by atoms with Gasteiger partial charge in [0.15, 0.2) is 0 Å². The smallest absolute Gasteiger partial charge is 0.233 e. The number of aryl methyl sites for hydroxylation is 3. The van der Waals surface area contributed by atoms with E-state index in [1.165, 1.54) is 5.56 Å². The zero-order valence-corrected chi connectivity index (χ0v) is 15.0. The van der Waals surface area contributed by atoms with Crippen LogP contribution in [0.5, 0.6) is 5.75 Å². The van der Waals surface area contributed by atoms with Crippen molar-refractivity contribution in [3.05, 3.63) is 70.5 Å². The molecule has 0 radical (unpaired) electrons. The van der Waals surface area contributed by atoms with Crippen LogP contribution in [0.4, 0.5) is 5.69 Å². The largest absolute Gasteiger partial charge is 0.460 e. The second-order valence-corrected chi connectivity index (χ2v) is 6.32. The average Bonchev–Trinajstić information content (AvgIpc) is 2.58. The first kappa shape index (κ1) is 17.4. The summed E-state index contributed by atoms with van der Waals surface area (Å²) in [5, 5.41) is 11.6. The number of benzene rings is 2. The lowest BCUT2D eigenvalue weighted by Gasteiger charge is -2.19. The van der Waals surface area contributed by atoms with Crippen molar-refractivity contribution in [3.63, 3.8) is 0 Å². The molecule has 1 amide bonds. The Morgan fingerprint density at radius 3 is 2.38 bits per heavy atom. The van der Waals surface area contributed by atoms with E-state index in [-0.39, 0.29) is 12.3 Å². The molecule has 5 heteroatoms. The minimum absolute atomic E-state index is 0.166. The molecule has 1 aliphatic heterocycles. The first-order valence-electron chi connectivity index (χ1n) is 8.29.